The van der Waals surface area contributed by atoms with Crippen LogP contribution in [0.15, 0.2) is 66.7 Å². The van der Waals surface area contributed by atoms with Gasteiger partial charge in [0.1, 0.15) is 11.5 Å². The summed E-state index contributed by atoms with van der Waals surface area (Å²) in [5, 5.41) is 3.55. The van der Waals surface area contributed by atoms with Crippen LogP contribution in [0.1, 0.15) is 28.4 Å². The number of nitrogens with one attached hydrogen (secondary N) is 1. The molecule has 0 saturated heterocycles. The maximum absolute atomic E-state index is 12.9. The molecule has 0 radical (unpaired) electrons. The number of rotatable bonds is 5. The summed E-state index contributed by atoms with van der Waals surface area (Å²) in [6.07, 6.45) is -0.613. The van der Waals surface area contributed by atoms with Gasteiger partial charge in [-0.1, -0.05) is 35.9 Å². The van der Waals surface area contributed by atoms with Crippen LogP contribution < -0.4 is 14.8 Å². The number of hydrogen-bond donors (Lipinski definition) is 1. The van der Waals surface area contributed by atoms with E-state index in [0.29, 0.717) is 40.9 Å². The number of hydrogen-bond acceptors (Lipinski definition) is 4. The van der Waals surface area contributed by atoms with E-state index in [4.69, 9.17) is 21.1 Å². The van der Waals surface area contributed by atoms with Crippen molar-refractivity contribution < 1.29 is 19.1 Å². The number of carbonyl (C=O) groups is 2. The SMILES string of the molecule is COc1ccccc1C(=O)Nc1ccc2c(c1)CN(Cc1ccc(Cl)cc1)C(=O)[C@@H](C)O2. The second kappa shape index (κ2) is 9.32. The zero-order valence-corrected chi connectivity index (χ0v) is 18.6. The third-order valence-corrected chi connectivity index (χ3v) is 5.53. The molecular formula is C25H23ClN2O4. The van der Waals surface area contributed by atoms with Crippen molar-refractivity contribution in [2.45, 2.75) is 26.1 Å². The van der Waals surface area contributed by atoms with E-state index >= 15 is 0 Å². The fourth-order valence-corrected chi connectivity index (χ4v) is 3.78. The van der Waals surface area contributed by atoms with E-state index in [-0.39, 0.29) is 11.8 Å². The highest BCUT2D eigenvalue weighted by molar-refractivity contribution is 6.30. The number of methoxy groups -OCH3 is 1. The normalized spacial score (nSPS) is 15.4. The smallest absolute Gasteiger partial charge is 0.263 e. The Bertz CT molecular complexity index is 1150. The summed E-state index contributed by atoms with van der Waals surface area (Å²) in [4.78, 5) is 27.4. The Hall–Kier alpha value is -3.51. The lowest BCUT2D eigenvalue weighted by Gasteiger charge is -2.22. The number of halogens is 1. The second-order valence-electron chi connectivity index (χ2n) is 7.56. The molecule has 1 N–H and O–H groups in total. The highest BCUT2D eigenvalue weighted by atomic mass is 35.5. The number of carbonyl (C=O) groups excluding carboxylic acids is 2. The molecule has 1 heterocycles. The third kappa shape index (κ3) is 4.70. The van der Waals surface area contributed by atoms with E-state index in [1.54, 1.807) is 54.3 Å². The summed E-state index contributed by atoms with van der Waals surface area (Å²) in [6.45, 7) is 2.53. The predicted octanol–water partition coefficient (Wildman–Crippen LogP) is 4.91. The van der Waals surface area contributed by atoms with E-state index in [1.807, 2.05) is 24.3 Å². The van der Waals surface area contributed by atoms with Gasteiger partial charge in [0, 0.05) is 29.4 Å². The topological polar surface area (TPSA) is 67.9 Å². The number of para-hydroxylation sites is 1. The summed E-state index contributed by atoms with van der Waals surface area (Å²) in [6, 6.07) is 19.8. The molecule has 164 valence electrons. The number of fused-ring (bicyclic) bond motifs is 1. The van der Waals surface area contributed by atoms with Crippen molar-refractivity contribution in [1.29, 1.82) is 0 Å². The molecule has 0 unspecified atom stereocenters. The van der Waals surface area contributed by atoms with Gasteiger partial charge in [-0.2, -0.15) is 0 Å². The molecule has 3 aromatic carbocycles. The first-order chi connectivity index (χ1) is 15.4. The van der Waals surface area contributed by atoms with Gasteiger partial charge in [-0.3, -0.25) is 9.59 Å². The highest BCUT2D eigenvalue weighted by Gasteiger charge is 2.28. The number of anilines is 1. The van der Waals surface area contributed by atoms with Crippen LogP contribution in [0.25, 0.3) is 0 Å². The van der Waals surface area contributed by atoms with Crippen molar-refractivity contribution in [1.82, 2.24) is 4.90 Å². The first-order valence-electron chi connectivity index (χ1n) is 10.2. The lowest BCUT2D eigenvalue weighted by atomic mass is 10.1. The zero-order valence-electron chi connectivity index (χ0n) is 17.8. The molecule has 0 saturated carbocycles. The minimum Gasteiger partial charge on any atom is -0.496 e. The van der Waals surface area contributed by atoms with Gasteiger partial charge >= 0.3 is 0 Å². The number of ether oxygens (including phenoxy) is 2. The summed E-state index contributed by atoms with van der Waals surface area (Å²) in [7, 11) is 1.53. The van der Waals surface area contributed by atoms with E-state index < -0.39 is 6.10 Å². The van der Waals surface area contributed by atoms with Crippen molar-refractivity contribution in [3.05, 3.63) is 88.4 Å². The Balaban J connectivity index is 1.57. The maximum Gasteiger partial charge on any atom is 0.263 e. The Morgan fingerprint density at radius 2 is 1.91 bits per heavy atom. The molecule has 32 heavy (non-hydrogen) atoms. The molecule has 4 rings (SSSR count). The summed E-state index contributed by atoms with van der Waals surface area (Å²) >= 11 is 5.98. The average Bonchev–Trinajstić information content (AvgIpc) is 2.91. The molecule has 6 nitrogen and oxygen atoms in total. The zero-order chi connectivity index (χ0) is 22.7. The van der Waals surface area contributed by atoms with Crippen LogP contribution in [0.4, 0.5) is 5.69 Å². The van der Waals surface area contributed by atoms with E-state index in [9.17, 15) is 9.59 Å². The molecular weight excluding hydrogens is 428 g/mol. The average molecular weight is 451 g/mol. The Kier molecular flexibility index (Phi) is 6.32. The van der Waals surface area contributed by atoms with Crippen LogP contribution in [-0.2, 0) is 17.9 Å². The van der Waals surface area contributed by atoms with Crippen LogP contribution >= 0.6 is 11.6 Å². The van der Waals surface area contributed by atoms with Crippen LogP contribution in [0.2, 0.25) is 5.02 Å². The lowest BCUT2D eigenvalue weighted by molar-refractivity contribution is -0.138. The Morgan fingerprint density at radius 1 is 1.16 bits per heavy atom. The van der Waals surface area contributed by atoms with Gasteiger partial charge in [-0.25, -0.2) is 0 Å². The molecule has 1 aliphatic rings. The molecule has 3 aromatic rings. The molecule has 0 aliphatic carbocycles. The molecule has 0 aromatic heterocycles. The summed E-state index contributed by atoms with van der Waals surface area (Å²) in [5.41, 5.74) is 2.83. The molecule has 0 spiro atoms. The largest absolute Gasteiger partial charge is 0.496 e. The molecule has 1 atom stereocenters. The monoisotopic (exact) mass is 450 g/mol. The van der Waals surface area contributed by atoms with Crippen molar-refractivity contribution in [2.24, 2.45) is 0 Å². The first kappa shape index (κ1) is 21.7. The molecule has 0 fully saturated rings. The fourth-order valence-electron chi connectivity index (χ4n) is 3.65. The lowest BCUT2D eigenvalue weighted by Crippen LogP contribution is -2.37. The van der Waals surface area contributed by atoms with Crippen molar-refractivity contribution in [3.63, 3.8) is 0 Å². The second-order valence-corrected chi connectivity index (χ2v) is 7.99. The van der Waals surface area contributed by atoms with E-state index in [1.165, 1.54) is 7.11 Å². The van der Waals surface area contributed by atoms with Crippen molar-refractivity contribution in [3.8, 4) is 11.5 Å². The van der Waals surface area contributed by atoms with Crippen molar-refractivity contribution >= 4 is 29.1 Å². The standard InChI is InChI=1S/C25H23ClN2O4/c1-16-25(30)28(14-17-7-9-19(26)10-8-17)15-18-13-20(11-12-22(18)32-16)27-24(29)21-5-3-4-6-23(21)31-2/h3-13,16H,14-15H2,1-2H3,(H,27,29)/t16-/m1/s1. The number of benzene rings is 3. The number of nitrogens with zero attached hydrogens (tertiary/aromatic N) is 1. The predicted molar refractivity (Wildman–Crippen MR) is 123 cm³/mol. The number of amides is 2. The molecule has 1 aliphatic heterocycles. The minimum absolute atomic E-state index is 0.101. The van der Waals surface area contributed by atoms with Gasteiger partial charge in [0.05, 0.1) is 12.7 Å². The quantitative estimate of drug-likeness (QED) is 0.599. The van der Waals surface area contributed by atoms with Gasteiger partial charge < -0.3 is 19.7 Å². The summed E-state index contributed by atoms with van der Waals surface area (Å²) in [5.74, 6) is 0.742. The molecule has 7 heteroatoms. The van der Waals surface area contributed by atoms with Gasteiger partial charge in [0.25, 0.3) is 11.8 Å². The molecule has 2 amide bonds. The fraction of sp³-hybridized carbons (Fsp3) is 0.200. The van der Waals surface area contributed by atoms with Crippen LogP contribution in [0.5, 0.6) is 11.5 Å². The third-order valence-electron chi connectivity index (χ3n) is 5.28. The molecule has 0 bridgehead atoms. The van der Waals surface area contributed by atoms with Crippen LogP contribution in [0, 0.1) is 0 Å². The van der Waals surface area contributed by atoms with Gasteiger partial charge in [0.2, 0.25) is 0 Å². The van der Waals surface area contributed by atoms with E-state index in [0.717, 1.165) is 11.1 Å². The van der Waals surface area contributed by atoms with Gasteiger partial charge in [-0.15, -0.1) is 0 Å². The summed E-state index contributed by atoms with van der Waals surface area (Å²) < 4.78 is 11.2. The van der Waals surface area contributed by atoms with Gasteiger partial charge in [-0.05, 0) is 55.0 Å². The Morgan fingerprint density at radius 3 is 2.66 bits per heavy atom. The van der Waals surface area contributed by atoms with E-state index in [2.05, 4.69) is 5.32 Å². The van der Waals surface area contributed by atoms with Crippen LogP contribution in [-0.4, -0.2) is 29.9 Å². The van der Waals surface area contributed by atoms with Crippen LogP contribution in [0.3, 0.4) is 0 Å². The first-order valence-corrected chi connectivity index (χ1v) is 10.6. The van der Waals surface area contributed by atoms with Crippen molar-refractivity contribution in [2.75, 3.05) is 12.4 Å². The Labute approximate surface area is 191 Å². The maximum atomic E-state index is 12.9. The van der Waals surface area contributed by atoms with Gasteiger partial charge in [0.15, 0.2) is 6.10 Å². The minimum atomic E-state index is -0.613. The highest BCUT2D eigenvalue weighted by Crippen LogP contribution is 2.30.